The monoisotopic (exact) mass is 175 g/mol. The average Bonchev–Trinajstić information content (AvgIpc) is 1.95. The molecule has 2 N–H and O–H groups in total. The van der Waals surface area contributed by atoms with Gasteiger partial charge < -0.3 is 10.5 Å². The van der Waals surface area contributed by atoms with Crippen LogP contribution in [0.3, 0.4) is 0 Å². The van der Waals surface area contributed by atoms with Crippen LogP contribution >= 0.6 is 11.6 Å². The summed E-state index contributed by atoms with van der Waals surface area (Å²) in [6.45, 7) is 2.59. The Balaban J connectivity index is 2.05. The van der Waals surface area contributed by atoms with Crippen molar-refractivity contribution in [1.82, 2.24) is 0 Å². The molecule has 0 aromatic heterocycles. The maximum absolute atomic E-state index is 5.59. The highest BCUT2D eigenvalue weighted by molar-refractivity contribution is 6.25. The second kappa shape index (κ2) is 4.10. The highest BCUT2D eigenvalue weighted by Crippen LogP contribution is 2.21. The van der Waals surface area contributed by atoms with Crippen LogP contribution in [0, 0.1) is 0 Å². The van der Waals surface area contributed by atoms with Gasteiger partial charge in [0, 0.05) is 11.6 Å². The van der Waals surface area contributed by atoms with Gasteiger partial charge in [0.05, 0.1) is 12.7 Å². The molecule has 64 valence electrons. The second-order valence-corrected chi connectivity index (χ2v) is 3.34. The molecule has 0 heterocycles. The summed E-state index contributed by atoms with van der Waals surface area (Å²) in [5.41, 5.74) is 8.20. The zero-order valence-electron chi connectivity index (χ0n) is 6.72. The first kappa shape index (κ1) is 9.04. The van der Waals surface area contributed by atoms with E-state index < -0.39 is 0 Å². The van der Waals surface area contributed by atoms with Gasteiger partial charge in [0.1, 0.15) is 0 Å². The van der Waals surface area contributed by atoms with Crippen molar-refractivity contribution >= 4 is 11.6 Å². The third kappa shape index (κ3) is 2.81. The Morgan fingerprint density at radius 2 is 2.36 bits per heavy atom. The number of hydrogen-bond donors (Lipinski definition) is 1. The number of nitrogens with two attached hydrogens (primary N) is 1. The van der Waals surface area contributed by atoms with Crippen molar-refractivity contribution in [1.29, 1.82) is 0 Å². The standard InChI is InChI=1S/C8H14ClNO/c1-6(4-9)5-11-8-2-7(10)3-8/h4,7-8H,2-3,5,10H2,1H3. The molecule has 1 aliphatic carbocycles. The Labute approximate surface area is 72.4 Å². The zero-order chi connectivity index (χ0) is 8.27. The summed E-state index contributed by atoms with van der Waals surface area (Å²) < 4.78 is 5.47. The summed E-state index contributed by atoms with van der Waals surface area (Å²) in [6, 6.07) is 0.361. The van der Waals surface area contributed by atoms with Crippen LogP contribution in [0.1, 0.15) is 19.8 Å². The van der Waals surface area contributed by atoms with Gasteiger partial charge in [-0.1, -0.05) is 11.6 Å². The maximum Gasteiger partial charge on any atom is 0.0689 e. The zero-order valence-corrected chi connectivity index (χ0v) is 7.47. The van der Waals surface area contributed by atoms with Gasteiger partial charge >= 0.3 is 0 Å². The Hall–Kier alpha value is -0.0500. The van der Waals surface area contributed by atoms with E-state index in [1.807, 2.05) is 6.92 Å². The predicted molar refractivity (Wildman–Crippen MR) is 46.6 cm³/mol. The molecule has 0 aliphatic heterocycles. The van der Waals surface area contributed by atoms with Gasteiger partial charge in [0.2, 0.25) is 0 Å². The second-order valence-electron chi connectivity index (χ2n) is 3.12. The molecule has 0 aromatic carbocycles. The molecule has 3 heteroatoms. The maximum atomic E-state index is 5.59. The number of hydrogen-bond acceptors (Lipinski definition) is 2. The van der Waals surface area contributed by atoms with E-state index in [2.05, 4.69) is 0 Å². The SMILES string of the molecule is CC(=CCl)COC1CC(N)C1. The van der Waals surface area contributed by atoms with Crippen LogP contribution in [-0.2, 0) is 4.74 Å². The first-order valence-electron chi connectivity index (χ1n) is 3.85. The Morgan fingerprint density at radius 1 is 1.73 bits per heavy atom. The first-order valence-corrected chi connectivity index (χ1v) is 4.29. The lowest BCUT2D eigenvalue weighted by molar-refractivity contribution is 0.00385. The van der Waals surface area contributed by atoms with E-state index in [-0.39, 0.29) is 0 Å². The minimum Gasteiger partial charge on any atom is -0.374 e. The highest BCUT2D eigenvalue weighted by Gasteiger charge is 2.26. The van der Waals surface area contributed by atoms with Crippen molar-refractivity contribution in [3.63, 3.8) is 0 Å². The highest BCUT2D eigenvalue weighted by atomic mass is 35.5. The molecule has 0 atom stereocenters. The van der Waals surface area contributed by atoms with Crippen molar-refractivity contribution in [3.05, 3.63) is 11.1 Å². The normalized spacial score (nSPS) is 31.7. The lowest BCUT2D eigenvalue weighted by Gasteiger charge is -2.32. The largest absolute Gasteiger partial charge is 0.374 e. The molecule has 11 heavy (non-hydrogen) atoms. The van der Waals surface area contributed by atoms with Crippen LogP contribution in [0.5, 0.6) is 0 Å². The van der Waals surface area contributed by atoms with Gasteiger partial charge in [0.25, 0.3) is 0 Å². The van der Waals surface area contributed by atoms with Gasteiger partial charge in [-0.3, -0.25) is 0 Å². The van der Waals surface area contributed by atoms with Crippen LogP contribution in [0.4, 0.5) is 0 Å². The Bertz CT molecular complexity index is 152. The fraction of sp³-hybridized carbons (Fsp3) is 0.750. The lowest BCUT2D eigenvalue weighted by atomic mass is 9.90. The van der Waals surface area contributed by atoms with Gasteiger partial charge in [-0.15, -0.1) is 0 Å². The molecule has 0 bridgehead atoms. The van der Waals surface area contributed by atoms with E-state index in [0.717, 1.165) is 18.4 Å². The summed E-state index contributed by atoms with van der Waals surface area (Å²) in [5, 5.41) is 0. The van der Waals surface area contributed by atoms with E-state index in [0.29, 0.717) is 18.8 Å². The molecule has 1 aliphatic rings. The van der Waals surface area contributed by atoms with Gasteiger partial charge in [-0.05, 0) is 25.3 Å². The van der Waals surface area contributed by atoms with Crippen LogP contribution in [0.15, 0.2) is 11.1 Å². The summed E-state index contributed by atoms with van der Waals surface area (Å²) in [5.74, 6) is 0. The van der Waals surface area contributed by atoms with Crippen LogP contribution < -0.4 is 5.73 Å². The quantitative estimate of drug-likeness (QED) is 0.708. The topological polar surface area (TPSA) is 35.2 Å². The average molecular weight is 176 g/mol. The predicted octanol–water partition coefficient (Wildman–Crippen LogP) is 1.64. The van der Waals surface area contributed by atoms with E-state index in [4.69, 9.17) is 22.1 Å². The van der Waals surface area contributed by atoms with Crippen molar-refractivity contribution in [2.75, 3.05) is 6.61 Å². The summed E-state index contributed by atoms with van der Waals surface area (Å²) in [7, 11) is 0. The van der Waals surface area contributed by atoms with Gasteiger partial charge in [-0.2, -0.15) is 0 Å². The number of rotatable bonds is 3. The van der Waals surface area contributed by atoms with Crippen molar-refractivity contribution in [2.24, 2.45) is 5.73 Å². The third-order valence-corrected chi connectivity index (χ3v) is 2.24. The smallest absolute Gasteiger partial charge is 0.0689 e. The minimum absolute atomic E-state index is 0.361. The third-order valence-electron chi connectivity index (χ3n) is 1.86. The lowest BCUT2D eigenvalue weighted by Crippen LogP contribution is -2.41. The fourth-order valence-electron chi connectivity index (χ4n) is 1.02. The molecule has 1 saturated carbocycles. The van der Waals surface area contributed by atoms with Crippen LogP contribution in [0.2, 0.25) is 0 Å². The molecule has 2 nitrogen and oxygen atoms in total. The van der Waals surface area contributed by atoms with Crippen molar-refractivity contribution in [3.8, 4) is 0 Å². The molecule has 0 radical (unpaired) electrons. The molecule has 0 amide bonds. The van der Waals surface area contributed by atoms with E-state index in [1.165, 1.54) is 0 Å². The van der Waals surface area contributed by atoms with Gasteiger partial charge in [-0.25, -0.2) is 0 Å². The summed E-state index contributed by atoms with van der Waals surface area (Å²) >= 11 is 5.46. The molecule has 1 fully saturated rings. The Kier molecular flexibility index (Phi) is 3.37. The van der Waals surface area contributed by atoms with E-state index >= 15 is 0 Å². The number of ether oxygens (including phenoxy) is 1. The van der Waals surface area contributed by atoms with Gasteiger partial charge in [0.15, 0.2) is 0 Å². The van der Waals surface area contributed by atoms with E-state index in [1.54, 1.807) is 5.54 Å². The molecular weight excluding hydrogens is 162 g/mol. The minimum atomic E-state index is 0.361. The molecular formula is C8H14ClNO. The molecule has 0 spiro atoms. The fourth-order valence-corrected chi connectivity index (χ4v) is 1.09. The van der Waals surface area contributed by atoms with Crippen LogP contribution in [0.25, 0.3) is 0 Å². The van der Waals surface area contributed by atoms with E-state index in [9.17, 15) is 0 Å². The van der Waals surface area contributed by atoms with Crippen molar-refractivity contribution in [2.45, 2.75) is 31.9 Å². The van der Waals surface area contributed by atoms with Crippen LogP contribution in [-0.4, -0.2) is 18.8 Å². The van der Waals surface area contributed by atoms with Crippen molar-refractivity contribution < 1.29 is 4.74 Å². The summed E-state index contributed by atoms with van der Waals surface area (Å²) in [4.78, 5) is 0. The summed E-state index contributed by atoms with van der Waals surface area (Å²) in [6.07, 6.45) is 2.36. The number of halogens is 1. The molecule has 0 unspecified atom stereocenters. The molecule has 0 saturated heterocycles. The Morgan fingerprint density at radius 3 is 2.82 bits per heavy atom. The molecule has 0 aromatic rings. The molecule has 1 rings (SSSR count). The first-order chi connectivity index (χ1) is 5.22.